The zero-order valence-electron chi connectivity index (χ0n) is 8.94. The van der Waals surface area contributed by atoms with E-state index in [2.05, 4.69) is 0 Å². The van der Waals surface area contributed by atoms with Gasteiger partial charge >= 0.3 is 0 Å². The molecule has 0 heterocycles. The largest absolute Gasteiger partial charge is 0.297 e. The zero-order chi connectivity index (χ0) is 11.3. The van der Waals surface area contributed by atoms with Crippen LogP contribution in [0.3, 0.4) is 0 Å². The minimum absolute atomic E-state index is 0.0371. The standard InChI is InChI=1S/C12H15ClOS/c1-9(2)12(11(14)8-13)15-10-6-4-3-5-7-10/h3-7,9,12H,8H2,1-2H3. The van der Waals surface area contributed by atoms with E-state index >= 15 is 0 Å². The van der Waals surface area contributed by atoms with Gasteiger partial charge in [0.25, 0.3) is 0 Å². The summed E-state index contributed by atoms with van der Waals surface area (Å²) in [7, 11) is 0. The second kappa shape index (κ2) is 6.19. The van der Waals surface area contributed by atoms with E-state index in [1.165, 1.54) is 0 Å². The molecule has 15 heavy (non-hydrogen) atoms. The van der Waals surface area contributed by atoms with Gasteiger partial charge in [-0.3, -0.25) is 4.79 Å². The summed E-state index contributed by atoms with van der Waals surface area (Å²) in [4.78, 5) is 12.7. The third-order valence-corrected chi connectivity index (χ3v) is 3.93. The molecule has 0 amide bonds. The van der Waals surface area contributed by atoms with Crippen LogP contribution in [0.1, 0.15) is 13.8 Å². The zero-order valence-corrected chi connectivity index (χ0v) is 10.5. The highest BCUT2D eigenvalue weighted by molar-refractivity contribution is 8.00. The lowest BCUT2D eigenvalue weighted by Crippen LogP contribution is -2.24. The van der Waals surface area contributed by atoms with Crippen LogP contribution in [0.15, 0.2) is 35.2 Å². The van der Waals surface area contributed by atoms with Gasteiger partial charge in [0.1, 0.15) is 0 Å². The summed E-state index contributed by atoms with van der Waals surface area (Å²) in [6.45, 7) is 4.09. The smallest absolute Gasteiger partial charge is 0.161 e. The monoisotopic (exact) mass is 242 g/mol. The van der Waals surface area contributed by atoms with E-state index in [-0.39, 0.29) is 16.9 Å². The molecular formula is C12H15ClOS. The number of benzene rings is 1. The van der Waals surface area contributed by atoms with Crippen molar-refractivity contribution in [2.24, 2.45) is 5.92 Å². The molecule has 1 rings (SSSR count). The van der Waals surface area contributed by atoms with Crippen molar-refractivity contribution in [3.8, 4) is 0 Å². The van der Waals surface area contributed by atoms with Gasteiger partial charge in [-0.2, -0.15) is 0 Å². The molecule has 0 aliphatic heterocycles. The van der Waals surface area contributed by atoms with E-state index in [0.717, 1.165) is 4.90 Å². The number of Topliss-reactive ketones (excluding diaryl/α,β-unsaturated/α-hetero) is 1. The van der Waals surface area contributed by atoms with Crippen LogP contribution in [0.25, 0.3) is 0 Å². The van der Waals surface area contributed by atoms with Crippen molar-refractivity contribution in [3.05, 3.63) is 30.3 Å². The van der Waals surface area contributed by atoms with Crippen molar-refractivity contribution >= 4 is 29.1 Å². The maximum atomic E-state index is 11.6. The Bertz CT molecular complexity index is 311. The highest BCUT2D eigenvalue weighted by Gasteiger charge is 2.22. The molecule has 1 atom stereocenters. The van der Waals surface area contributed by atoms with E-state index < -0.39 is 0 Å². The van der Waals surface area contributed by atoms with E-state index in [0.29, 0.717) is 5.92 Å². The minimum Gasteiger partial charge on any atom is -0.297 e. The minimum atomic E-state index is -0.0371. The average Bonchev–Trinajstić information content (AvgIpc) is 2.26. The lowest BCUT2D eigenvalue weighted by molar-refractivity contribution is -0.116. The molecule has 0 N–H and O–H groups in total. The number of hydrogen-bond donors (Lipinski definition) is 0. The van der Waals surface area contributed by atoms with Gasteiger partial charge in [0, 0.05) is 4.90 Å². The normalized spacial score (nSPS) is 12.8. The Morgan fingerprint density at radius 3 is 2.40 bits per heavy atom. The molecule has 1 nitrogen and oxygen atoms in total. The van der Waals surface area contributed by atoms with E-state index in [1.54, 1.807) is 11.8 Å². The fourth-order valence-corrected chi connectivity index (χ4v) is 2.65. The van der Waals surface area contributed by atoms with Crippen LogP contribution < -0.4 is 0 Å². The van der Waals surface area contributed by atoms with Crippen molar-refractivity contribution < 1.29 is 4.79 Å². The maximum absolute atomic E-state index is 11.6. The van der Waals surface area contributed by atoms with Gasteiger partial charge in [-0.15, -0.1) is 23.4 Å². The van der Waals surface area contributed by atoms with Crippen LogP contribution in [0.2, 0.25) is 0 Å². The number of ketones is 1. The Labute approximate surface area is 100 Å². The predicted octanol–water partition coefficient (Wildman–Crippen LogP) is 3.61. The highest BCUT2D eigenvalue weighted by Crippen LogP contribution is 2.28. The van der Waals surface area contributed by atoms with Crippen LogP contribution in [0, 0.1) is 5.92 Å². The quantitative estimate of drug-likeness (QED) is 0.580. The summed E-state index contributed by atoms with van der Waals surface area (Å²) in [5.41, 5.74) is 0. The first-order valence-electron chi connectivity index (χ1n) is 4.95. The molecule has 0 spiro atoms. The van der Waals surface area contributed by atoms with Gasteiger partial charge in [0.15, 0.2) is 5.78 Å². The Kier molecular flexibility index (Phi) is 5.20. The summed E-state index contributed by atoms with van der Waals surface area (Å²) in [6, 6.07) is 9.96. The summed E-state index contributed by atoms with van der Waals surface area (Å²) in [5, 5.41) is -0.0371. The molecule has 0 saturated heterocycles. The van der Waals surface area contributed by atoms with Crippen molar-refractivity contribution in [2.75, 3.05) is 5.88 Å². The molecule has 1 aromatic rings. The van der Waals surface area contributed by atoms with Crippen molar-refractivity contribution in [1.29, 1.82) is 0 Å². The number of alkyl halides is 1. The molecule has 82 valence electrons. The second-order valence-electron chi connectivity index (χ2n) is 3.70. The van der Waals surface area contributed by atoms with Gasteiger partial charge in [-0.25, -0.2) is 0 Å². The summed E-state index contributed by atoms with van der Waals surface area (Å²) in [6.07, 6.45) is 0. The number of rotatable bonds is 5. The Morgan fingerprint density at radius 1 is 1.33 bits per heavy atom. The topological polar surface area (TPSA) is 17.1 Å². The van der Waals surface area contributed by atoms with E-state index in [1.807, 2.05) is 44.2 Å². The van der Waals surface area contributed by atoms with Gasteiger partial charge in [-0.1, -0.05) is 32.0 Å². The van der Waals surface area contributed by atoms with E-state index in [9.17, 15) is 4.79 Å². The molecule has 1 aromatic carbocycles. The van der Waals surface area contributed by atoms with Crippen LogP contribution in [-0.2, 0) is 4.79 Å². The first-order valence-corrected chi connectivity index (χ1v) is 6.37. The van der Waals surface area contributed by atoms with Crippen LogP contribution in [0.5, 0.6) is 0 Å². The molecule has 0 radical (unpaired) electrons. The van der Waals surface area contributed by atoms with Crippen molar-refractivity contribution in [3.63, 3.8) is 0 Å². The van der Waals surface area contributed by atoms with Gasteiger partial charge in [-0.05, 0) is 18.1 Å². The Hall–Kier alpha value is -0.470. The number of halogens is 1. The molecule has 0 aliphatic carbocycles. The van der Waals surface area contributed by atoms with Gasteiger partial charge < -0.3 is 0 Å². The fraction of sp³-hybridized carbons (Fsp3) is 0.417. The molecule has 0 aliphatic rings. The molecule has 0 fully saturated rings. The van der Waals surface area contributed by atoms with Gasteiger partial charge in [0.05, 0.1) is 11.1 Å². The third-order valence-electron chi connectivity index (χ3n) is 2.06. The summed E-state index contributed by atoms with van der Waals surface area (Å²) >= 11 is 7.19. The molecule has 0 aromatic heterocycles. The average molecular weight is 243 g/mol. The molecule has 1 unspecified atom stereocenters. The lowest BCUT2D eigenvalue weighted by Gasteiger charge is -2.17. The first-order chi connectivity index (χ1) is 7.15. The highest BCUT2D eigenvalue weighted by atomic mass is 35.5. The first kappa shape index (κ1) is 12.6. The predicted molar refractivity (Wildman–Crippen MR) is 66.7 cm³/mol. The van der Waals surface area contributed by atoms with Crippen molar-refractivity contribution in [1.82, 2.24) is 0 Å². The van der Waals surface area contributed by atoms with E-state index in [4.69, 9.17) is 11.6 Å². The summed E-state index contributed by atoms with van der Waals surface area (Å²) < 4.78 is 0. The molecular weight excluding hydrogens is 228 g/mol. The lowest BCUT2D eigenvalue weighted by atomic mass is 10.1. The van der Waals surface area contributed by atoms with Crippen LogP contribution in [-0.4, -0.2) is 16.9 Å². The SMILES string of the molecule is CC(C)C(Sc1ccccc1)C(=O)CCl. The van der Waals surface area contributed by atoms with Crippen LogP contribution >= 0.6 is 23.4 Å². The molecule has 3 heteroatoms. The van der Waals surface area contributed by atoms with Crippen LogP contribution in [0.4, 0.5) is 0 Å². The Morgan fingerprint density at radius 2 is 1.93 bits per heavy atom. The maximum Gasteiger partial charge on any atom is 0.161 e. The molecule has 0 saturated carbocycles. The second-order valence-corrected chi connectivity index (χ2v) is 5.18. The number of thioether (sulfide) groups is 1. The van der Waals surface area contributed by atoms with Gasteiger partial charge in [0.2, 0.25) is 0 Å². The third kappa shape index (κ3) is 3.88. The summed E-state index contributed by atoms with van der Waals surface area (Å²) in [5.74, 6) is 0.518. The molecule has 0 bridgehead atoms. The number of carbonyl (C=O) groups is 1. The Balaban J connectivity index is 2.72. The van der Waals surface area contributed by atoms with Crippen molar-refractivity contribution in [2.45, 2.75) is 24.0 Å². The fourth-order valence-electron chi connectivity index (χ4n) is 1.30. The number of hydrogen-bond acceptors (Lipinski definition) is 2. The number of carbonyl (C=O) groups excluding carboxylic acids is 1.